The van der Waals surface area contributed by atoms with Gasteiger partial charge in [0.25, 0.3) is 0 Å². The molecular formula is C26H50O4Si. The summed E-state index contributed by atoms with van der Waals surface area (Å²) in [6.07, 6.45) is 19.1. The van der Waals surface area contributed by atoms with Crippen molar-refractivity contribution in [2.75, 3.05) is 7.11 Å². The summed E-state index contributed by atoms with van der Waals surface area (Å²) in [4.78, 5) is 25.2. The molecule has 0 saturated carbocycles. The quantitative estimate of drug-likeness (QED) is 0.0624. The molecular weight excluding hydrogens is 404 g/mol. The van der Waals surface area contributed by atoms with Crippen LogP contribution in [-0.4, -0.2) is 33.3 Å². The Kier molecular flexibility index (Phi) is 18.0. The maximum Gasteiger partial charge on any atom is 0.316 e. The van der Waals surface area contributed by atoms with Crippen molar-refractivity contribution in [3.8, 4) is 0 Å². The Morgan fingerprint density at radius 1 is 0.839 bits per heavy atom. The number of methoxy groups -OCH3 is 1. The molecule has 0 aliphatic carbocycles. The zero-order valence-electron chi connectivity index (χ0n) is 21.3. The van der Waals surface area contributed by atoms with Crippen LogP contribution >= 0.6 is 0 Å². The van der Waals surface area contributed by atoms with Gasteiger partial charge in [-0.2, -0.15) is 0 Å². The van der Waals surface area contributed by atoms with E-state index >= 15 is 0 Å². The molecule has 0 spiro atoms. The standard InChI is InChI=1S/C26H50O4Si/c1-7-9-11-13-14-15-16-17-18-20-23(30-31(4,5)6)22-25(27)24(26(28)29-3)21-19-12-10-8-2/h12,19,23-24H,7-11,13-18,20-22H2,1-6H3/t23-,24?/m1/s1. The van der Waals surface area contributed by atoms with Crippen molar-refractivity contribution in [3.05, 3.63) is 12.2 Å². The first-order chi connectivity index (χ1) is 14.7. The Bertz CT molecular complexity index is 496. The predicted octanol–water partition coefficient (Wildman–Crippen LogP) is 7.62. The fourth-order valence-electron chi connectivity index (χ4n) is 3.77. The summed E-state index contributed by atoms with van der Waals surface area (Å²) in [6, 6.07) is 0. The Morgan fingerprint density at radius 2 is 1.42 bits per heavy atom. The second-order valence-electron chi connectivity index (χ2n) is 9.71. The Labute approximate surface area is 193 Å². The van der Waals surface area contributed by atoms with E-state index in [1.807, 2.05) is 12.2 Å². The Hall–Kier alpha value is -0.943. The van der Waals surface area contributed by atoms with E-state index in [0.717, 1.165) is 25.7 Å². The first-order valence-corrected chi connectivity index (χ1v) is 16.1. The van der Waals surface area contributed by atoms with Gasteiger partial charge in [-0.15, -0.1) is 0 Å². The van der Waals surface area contributed by atoms with Gasteiger partial charge in [-0.1, -0.05) is 90.2 Å². The molecule has 5 heteroatoms. The summed E-state index contributed by atoms with van der Waals surface area (Å²) >= 11 is 0. The highest BCUT2D eigenvalue weighted by Crippen LogP contribution is 2.21. The lowest BCUT2D eigenvalue weighted by Gasteiger charge is -2.27. The van der Waals surface area contributed by atoms with E-state index in [2.05, 4.69) is 33.5 Å². The second-order valence-corrected chi connectivity index (χ2v) is 14.2. The molecule has 0 saturated heterocycles. The van der Waals surface area contributed by atoms with Crippen LogP contribution in [0.4, 0.5) is 0 Å². The number of Topliss-reactive ketones (excluding diaryl/α,β-unsaturated/α-hetero) is 1. The monoisotopic (exact) mass is 454 g/mol. The number of hydrogen-bond donors (Lipinski definition) is 0. The third kappa shape index (κ3) is 17.3. The second kappa shape index (κ2) is 18.6. The van der Waals surface area contributed by atoms with Gasteiger partial charge in [0.15, 0.2) is 8.32 Å². The van der Waals surface area contributed by atoms with Crippen LogP contribution in [0.25, 0.3) is 0 Å². The van der Waals surface area contributed by atoms with Crippen molar-refractivity contribution >= 4 is 20.1 Å². The van der Waals surface area contributed by atoms with Gasteiger partial charge in [0.05, 0.1) is 13.2 Å². The molecule has 0 bridgehead atoms. The Morgan fingerprint density at radius 3 is 1.94 bits per heavy atom. The number of unbranched alkanes of at least 4 members (excludes halogenated alkanes) is 9. The van der Waals surface area contributed by atoms with Gasteiger partial charge in [-0.25, -0.2) is 0 Å². The minimum Gasteiger partial charge on any atom is -0.468 e. The minimum atomic E-state index is -1.77. The minimum absolute atomic E-state index is 0.0489. The third-order valence-electron chi connectivity index (χ3n) is 5.45. The summed E-state index contributed by atoms with van der Waals surface area (Å²) in [6.45, 7) is 10.8. The first-order valence-electron chi connectivity index (χ1n) is 12.7. The lowest BCUT2D eigenvalue weighted by Crippen LogP contribution is -2.35. The highest BCUT2D eigenvalue weighted by molar-refractivity contribution is 6.69. The number of esters is 1. The van der Waals surface area contributed by atoms with Gasteiger partial charge in [0.2, 0.25) is 0 Å². The molecule has 0 aromatic carbocycles. The van der Waals surface area contributed by atoms with E-state index in [1.54, 1.807) is 0 Å². The van der Waals surface area contributed by atoms with Crippen molar-refractivity contribution in [2.45, 2.75) is 129 Å². The van der Waals surface area contributed by atoms with Crippen LogP contribution in [0.1, 0.15) is 104 Å². The average Bonchev–Trinajstić information content (AvgIpc) is 2.70. The van der Waals surface area contributed by atoms with Crippen molar-refractivity contribution < 1.29 is 18.8 Å². The topological polar surface area (TPSA) is 52.6 Å². The molecule has 0 aliphatic rings. The molecule has 31 heavy (non-hydrogen) atoms. The summed E-state index contributed by atoms with van der Waals surface area (Å²) in [7, 11) is -0.412. The molecule has 1 unspecified atom stereocenters. The molecule has 0 rings (SSSR count). The van der Waals surface area contributed by atoms with Crippen LogP contribution in [0, 0.1) is 5.92 Å². The van der Waals surface area contributed by atoms with E-state index in [4.69, 9.17) is 9.16 Å². The molecule has 0 aromatic rings. The maximum absolute atomic E-state index is 13.0. The molecule has 0 amide bonds. The predicted molar refractivity (Wildman–Crippen MR) is 134 cm³/mol. The van der Waals surface area contributed by atoms with Crippen LogP contribution in [0.15, 0.2) is 12.2 Å². The molecule has 0 radical (unpaired) electrons. The van der Waals surface area contributed by atoms with Crippen LogP contribution in [-0.2, 0) is 18.8 Å². The highest BCUT2D eigenvalue weighted by Gasteiger charge is 2.30. The van der Waals surface area contributed by atoms with Gasteiger partial charge < -0.3 is 9.16 Å². The van der Waals surface area contributed by atoms with Crippen molar-refractivity contribution in [3.63, 3.8) is 0 Å². The SMILES string of the molecule is CCCC=CCC(C(=O)C[C@@H](CCCCCCCCCCC)O[Si](C)(C)C)C(=O)OC. The molecule has 0 N–H and O–H groups in total. The largest absolute Gasteiger partial charge is 0.468 e. The zero-order valence-corrected chi connectivity index (χ0v) is 22.3. The summed E-state index contributed by atoms with van der Waals surface area (Å²) in [5.41, 5.74) is 0. The molecule has 0 heterocycles. The van der Waals surface area contributed by atoms with Crippen molar-refractivity contribution in [2.24, 2.45) is 5.92 Å². The summed E-state index contributed by atoms with van der Waals surface area (Å²) < 4.78 is 11.2. The van der Waals surface area contributed by atoms with Gasteiger partial charge in [0, 0.05) is 6.42 Å². The number of carbonyl (C=O) groups excluding carboxylic acids is 2. The lowest BCUT2D eigenvalue weighted by molar-refractivity contribution is -0.149. The van der Waals surface area contributed by atoms with Gasteiger partial charge >= 0.3 is 5.97 Å². The van der Waals surface area contributed by atoms with E-state index in [1.165, 1.54) is 58.5 Å². The lowest BCUT2D eigenvalue weighted by atomic mass is 9.94. The Balaban J connectivity index is 4.63. The van der Waals surface area contributed by atoms with Crippen molar-refractivity contribution in [1.82, 2.24) is 0 Å². The number of rotatable bonds is 20. The summed E-state index contributed by atoms with van der Waals surface area (Å²) in [5.74, 6) is -1.19. The van der Waals surface area contributed by atoms with E-state index in [9.17, 15) is 9.59 Å². The van der Waals surface area contributed by atoms with Crippen molar-refractivity contribution in [1.29, 1.82) is 0 Å². The molecule has 2 atom stereocenters. The first kappa shape index (κ1) is 30.1. The van der Waals surface area contributed by atoms with E-state index < -0.39 is 20.2 Å². The number of ether oxygens (including phenoxy) is 1. The molecule has 4 nitrogen and oxygen atoms in total. The molecule has 0 aromatic heterocycles. The maximum atomic E-state index is 13.0. The van der Waals surface area contributed by atoms with Gasteiger partial charge in [0.1, 0.15) is 11.7 Å². The number of carbonyl (C=O) groups is 2. The van der Waals surface area contributed by atoms with Crippen LogP contribution in [0.5, 0.6) is 0 Å². The van der Waals surface area contributed by atoms with E-state index in [0.29, 0.717) is 12.8 Å². The smallest absolute Gasteiger partial charge is 0.316 e. The van der Waals surface area contributed by atoms with Crippen LogP contribution < -0.4 is 0 Å². The average molecular weight is 455 g/mol. The molecule has 182 valence electrons. The number of allylic oxidation sites excluding steroid dienone is 2. The number of ketones is 1. The fraction of sp³-hybridized carbons (Fsp3) is 0.846. The third-order valence-corrected chi connectivity index (χ3v) is 6.49. The van der Waals surface area contributed by atoms with Crippen LogP contribution in [0.3, 0.4) is 0 Å². The molecule has 0 fully saturated rings. The van der Waals surface area contributed by atoms with Crippen LogP contribution in [0.2, 0.25) is 19.6 Å². The zero-order chi connectivity index (χ0) is 23.5. The molecule has 0 aliphatic heterocycles. The number of hydrogen-bond acceptors (Lipinski definition) is 4. The van der Waals surface area contributed by atoms with Gasteiger partial charge in [-0.05, 0) is 38.9 Å². The van der Waals surface area contributed by atoms with E-state index in [-0.39, 0.29) is 11.9 Å². The fourth-order valence-corrected chi connectivity index (χ4v) is 4.97. The van der Waals surface area contributed by atoms with Gasteiger partial charge in [-0.3, -0.25) is 9.59 Å². The summed E-state index contributed by atoms with van der Waals surface area (Å²) in [5, 5.41) is 0. The normalized spacial score (nSPS) is 14.0. The highest BCUT2D eigenvalue weighted by atomic mass is 28.4.